The number of nitrogens with zero attached hydrogens (tertiary/aromatic N) is 4. The second-order valence-corrected chi connectivity index (χ2v) is 5.95. The van der Waals surface area contributed by atoms with Crippen molar-refractivity contribution in [2.24, 2.45) is 0 Å². The van der Waals surface area contributed by atoms with E-state index in [1.165, 1.54) is 5.56 Å². The van der Waals surface area contributed by atoms with E-state index in [1.54, 1.807) is 0 Å². The zero-order valence-electron chi connectivity index (χ0n) is 14.5. The molecule has 1 aliphatic heterocycles. The van der Waals surface area contributed by atoms with E-state index >= 15 is 0 Å². The van der Waals surface area contributed by atoms with Gasteiger partial charge in [-0.1, -0.05) is 26.0 Å². The maximum atomic E-state index is 5.40. The first-order valence-corrected chi connectivity index (χ1v) is 8.67. The molecular weight excluding hydrogens is 302 g/mol. The molecular formula is C18H25N5O. The highest BCUT2D eigenvalue weighted by atomic mass is 16.5. The van der Waals surface area contributed by atoms with E-state index < -0.39 is 0 Å². The van der Waals surface area contributed by atoms with Crippen LogP contribution in [0.3, 0.4) is 0 Å². The molecule has 24 heavy (non-hydrogen) atoms. The second-order valence-electron chi connectivity index (χ2n) is 5.95. The Bertz CT molecular complexity index is 670. The van der Waals surface area contributed by atoms with Crippen molar-refractivity contribution >= 4 is 11.6 Å². The minimum atomic E-state index is 0.563. The van der Waals surface area contributed by atoms with Crippen LogP contribution in [0.15, 0.2) is 24.3 Å². The molecule has 3 rings (SSSR count). The molecule has 1 aliphatic rings. The molecule has 0 unspecified atom stereocenters. The average molecular weight is 327 g/mol. The van der Waals surface area contributed by atoms with Gasteiger partial charge in [-0.25, -0.2) is 4.98 Å². The summed E-state index contributed by atoms with van der Waals surface area (Å²) >= 11 is 0. The van der Waals surface area contributed by atoms with Gasteiger partial charge in [0, 0.05) is 25.3 Å². The summed E-state index contributed by atoms with van der Waals surface area (Å²) in [5.74, 6) is 0.563. The van der Waals surface area contributed by atoms with Crippen LogP contribution in [-0.2, 0) is 24.1 Å². The van der Waals surface area contributed by atoms with Gasteiger partial charge in [0.25, 0.3) is 0 Å². The van der Waals surface area contributed by atoms with Crippen LogP contribution in [0.25, 0.3) is 0 Å². The smallest absolute Gasteiger partial charge is 0.247 e. The van der Waals surface area contributed by atoms with E-state index in [-0.39, 0.29) is 0 Å². The highest BCUT2D eigenvalue weighted by Gasteiger charge is 2.11. The van der Waals surface area contributed by atoms with Crippen molar-refractivity contribution in [1.82, 2.24) is 20.1 Å². The van der Waals surface area contributed by atoms with Gasteiger partial charge in [0.2, 0.25) is 5.95 Å². The highest BCUT2D eigenvalue weighted by Crippen LogP contribution is 2.17. The molecule has 0 spiro atoms. The van der Waals surface area contributed by atoms with Crippen molar-refractivity contribution < 1.29 is 4.74 Å². The fourth-order valence-electron chi connectivity index (χ4n) is 2.89. The van der Waals surface area contributed by atoms with Crippen molar-refractivity contribution in [1.29, 1.82) is 0 Å². The largest absolute Gasteiger partial charge is 0.379 e. The van der Waals surface area contributed by atoms with Crippen LogP contribution in [0.2, 0.25) is 0 Å². The summed E-state index contributed by atoms with van der Waals surface area (Å²) in [6.45, 7) is 8.73. The molecule has 2 heterocycles. The Hall–Kier alpha value is -2.05. The number of hydrogen-bond donors (Lipinski definition) is 1. The lowest BCUT2D eigenvalue weighted by molar-refractivity contribution is 0.0342. The van der Waals surface area contributed by atoms with E-state index in [2.05, 4.69) is 57.4 Å². The number of benzene rings is 1. The Morgan fingerprint density at radius 1 is 1.08 bits per heavy atom. The number of morpholine rings is 1. The number of rotatable bonds is 6. The molecule has 0 atom stereocenters. The zero-order chi connectivity index (χ0) is 16.8. The third-order valence-corrected chi connectivity index (χ3v) is 4.20. The van der Waals surface area contributed by atoms with E-state index in [0.29, 0.717) is 5.95 Å². The summed E-state index contributed by atoms with van der Waals surface area (Å²) in [5.41, 5.74) is 4.26. The molecule has 2 aromatic rings. The Labute approximate surface area is 143 Å². The van der Waals surface area contributed by atoms with Crippen molar-refractivity contribution in [2.45, 2.75) is 33.2 Å². The van der Waals surface area contributed by atoms with E-state index in [4.69, 9.17) is 4.74 Å². The predicted octanol–water partition coefficient (Wildman–Crippen LogP) is 2.57. The monoisotopic (exact) mass is 327 g/mol. The van der Waals surface area contributed by atoms with Crippen molar-refractivity contribution in [2.75, 3.05) is 31.6 Å². The Morgan fingerprint density at radius 2 is 1.88 bits per heavy atom. The fraction of sp³-hybridized carbons (Fsp3) is 0.500. The van der Waals surface area contributed by atoms with Crippen molar-refractivity contribution in [3.63, 3.8) is 0 Å². The zero-order valence-corrected chi connectivity index (χ0v) is 14.5. The van der Waals surface area contributed by atoms with Crippen LogP contribution in [0.4, 0.5) is 11.6 Å². The van der Waals surface area contributed by atoms with Crippen LogP contribution < -0.4 is 5.32 Å². The molecule has 1 aromatic carbocycles. The lowest BCUT2D eigenvalue weighted by atomic mass is 10.2. The Kier molecular flexibility index (Phi) is 5.72. The van der Waals surface area contributed by atoms with Crippen LogP contribution in [-0.4, -0.2) is 46.4 Å². The Balaban J connectivity index is 1.70. The van der Waals surface area contributed by atoms with Gasteiger partial charge in [-0.15, -0.1) is 10.2 Å². The molecule has 0 aliphatic carbocycles. The fourth-order valence-corrected chi connectivity index (χ4v) is 2.89. The summed E-state index contributed by atoms with van der Waals surface area (Å²) in [7, 11) is 0. The molecule has 6 nitrogen and oxygen atoms in total. The van der Waals surface area contributed by atoms with E-state index in [0.717, 1.165) is 62.8 Å². The molecule has 6 heteroatoms. The maximum absolute atomic E-state index is 5.40. The highest BCUT2D eigenvalue weighted by molar-refractivity contribution is 5.54. The van der Waals surface area contributed by atoms with Crippen molar-refractivity contribution in [3.8, 4) is 0 Å². The summed E-state index contributed by atoms with van der Waals surface area (Å²) < 4.78 is 5.40. The molecule has 1 saturated heterocycles. The standard InChI is InChI=1S/C18H25N5O/c1-3-16-17(4-2)21-22-18(20-16)19-15-7-5-6-14(12-15)13-23-8-10-24-11-9-23/h5-7,12H,3-4,8-11,13H2,1-2H3,(H,19,20,22). The third-order valence-electron chi connectivity index (χ3n) is 4.20. The predicted molar refractivity (Wildman–Crippen MR) is 94.4 cm³/mol. The summed E-state index contributed by atoms with van der Waals surface area (Å²) in [6.07, 6.45) is 1.73. The molecule has 128 valence electrons. The van der Waals surface area contributed by atoms with Crippen LogP contribution >= 0.6 is 0 Å². The summed E-state index contributed by atoms with van der Waals surface area (Å²) in [4.78, 5) is 7.00. The molecule has 1 N–H and O–H groups in total. The minimum absolute atomic E-state index is 0.563. The van der Waals surface area contributed by atoms with Gasteiger partial charge in [0.05, 0.1) is 24.6 Å². The maximum Gasteiger partial charge on any atom is 0.247 e. The van der Waals surface area contributed by atoms with Crippen LogP contribution in [0.5, 0.6) is 0 Å². The second kappa shape index (κ2) is 8.17. The number of aryl methyl sites for hydroxylation is 2. The first-order valence-electron chi connectivity index (χ1n) is 8.67. The molecule has 1 aromatic heterocycles. The van der Waals surface area contributed by atoms with Crippen molar-refractivity contribution in [3.05, 3.63) is 41.2 Å². The lowest BCUT2D eigenvalue weighted by Crippen LogP contribution is -2.35. The van der Waals surface area contributed by atoms with Gasteiger partial charge in [-0.3, -0.25) is 4.90 Å². The van der Waals surface area contributed by atoms with Crippen LogP contribution in [0, 0.1) is 0 Å². The number of anilines is 2. The van der Waals surface area contributed by atoms with Gasteiger partial charge in [-0.05, 0) is 30.5 Å². The molecule has 0 radical (unpaired) electrons. The Morgan fingerprint density at radius 3 is 2.62 bits per heavy atom. The van der Waals surface area contributed by atoms with Gasteiger partial charge in [-0.2, -0.15) is 0 Å². The molecule has 1 fully saturated rings. The topological polar surface area (TPSA) is 63.2 Å². The van der Waals surface area contributed by atoms with Gasteiger partial charge >= 0.3 is 0 Å². The number of aromatic nitrogens is 3. The third kappa shape index (κ3) is 4.27. The average Bonchev–Trinajstić information content (AvgIpc) is 2.63. The lowest BCUT2D eigenvalue weighted by Gasteiger charge is -2.26. The number of ether oxygens (including phenoxy) is 1. The van der Waals surface area contributed by atoms with Gasteiger partial charge in [0.1, 0.15) is 0 Å². The van der Waals surface area contributed by atoms with Gasteiger partial charge < -0.3 is 10.1 Å². The SMILES string of the molecule is CCc1nnc(Nc2cccc(CN3CCOCC3)c2)nc1CC. The quantitative estimate of drug-likeness (QED) is 0.880. The summed E-state index contributed by atoms with van der Waals surface area (Å²) in [5, 5.41) is 11.8. The molecule has 0 saturated carbocycles. The van der Waals surface area contributed by atoms with E-state index in [1.807, 2.05) is 6.07 Å². The number of hydrogen-bond acceptors (Lipinski definition) is 6. The molecule has 0 bridgehead atoms. The number of nitrogens with one attached hydrogen (secondary N) is 1. The van der Waals surface area contributed by atoms with Gasteiger partial charge in [0.15, 0.2) is 0 Å². The van der Waals surface area contributed by atoms with Crippen LogP contribution in [0.1, 0.15) is 30.8 Å². The normalized spacial score (nSPS) is 15.4. The first kappa shape index (κ1) is 16.8. The van der Waals surface area contributed by atoms with E-state index in [9.17, 15) is 0 Å². The molecule has 0 amide bonds. The summed E-state index contributed by atoms with van der Waals surface area (Å²) in [6, 6.07) is 8.40. The minimum Gasteiger partial charge on any atom is -0.379 e. The first-order chi connectivity index (χ1) is 11.8.